The van der Waals surface area contributed by atoms with Gasteiger partial charge in [0.05, 0.1) is 10.0 Å². The Hall–Kier alpha value is -2.06. The molecule has 10 heteroatoms. The van der Waals surface area contributed by atoms with E-state index in [-0.39, 0.29) is 6.61 Å². The average molecular weight is 444 g/mol. The fourth-order valence-electron chi connectivity index (χ4n) is 2.11. The second-order valence-electron chi connectivity index (χ2n) is 5.41. The summed E-state index contributed by atoms with van der Waals surface area (Å²) in [6.07, 6.45) is 0. The van der Waals surface area contributed by atoms with Crippen LogP contribution in [-0.4, -0.2) is 16.2 Å². The molecule has 0 atom stereocenters. The first-order chi connectivity index (χ1) is 12.9. The Balaban J connectivity index is 1.55. The molecule has 0 saturated carbocycles. The molecule has 3 rings (SSSR count). The van der Waals surface area contributed by atoms with Crippen LogP contribution in [-0.2, 0) is 6.61 Å². The molecule has 0 fully saturated rings. The molecule has 0 unspecified atom stereocenters. The van der Waals surface area contributed by atoms with Crippen LogP contribution in [0.2, 0.25) is 15.1 Å². The van der Waals surface area contributed by atoms with E-state index in [0.29, 0.717) is 36.6 Å². The number of aromatic nitrogens is 2. The van der Waals surface area contributed by atoms with Crippen LogP contribution in [0.25, 0.3) is 0 Å². The summed E-state index contributed by atoms with van der Waals surface area (Å²) in [7, 11) is 0. The first kappa shape index (κ1) is 19.7. The van der Waals surface area contributed by atoms with Gasteiger partial charge in [-0.1, -0.05) is 46.1 Å². The van der Waals surface area contributed by atoms with Crippen LogP contribution in [0.3, 0.4) is 0 Å². The minimum absolute atomic E-state index is 0.232. The van der Waals surface area contributed by atoms with Crippen molar-refractivity contribution in [1.29, 1.82) is 0 Å². The van der Waals surface area contributed by atoms with Crippen molar-refractivity contribution in [2.75, 3.05) is 10.6 Å². The third-order valence-electron chi connectivity index (χ3n) is 3.35. The lowest BCUT2D eigenvalue weighted by Gasteiger charge is -2.07. The maximum absolute atomic E-state index is 12.0. The van der Waals surface area contributed by atoms with Crippen molar-refractivity contribution in [3.63, 3.8) is 0 Å². The number of anilines is 2. The molecule has 2 amide bonds. The molecule has 140 valence electrons. The summed E-state index contributed by atoms with van der Waals surface area (Å²) in [4.78, 5) is 12.0. The van der Waals surface area contributed by atoms with Gasteiger partial charge in [-0.05, 0) is 48.9 Å². The lowest BCUT2D eigenvalue weighted by atomic mass is 10.2. The van der Waals surface area contributed by atoms with Gasteiger partial charge in [0.1, 0.15) is 12.4 Å². The smallest absolute Gasteiger partial charge is 0.325 e. The number of urea groups is 1. The third-order valence-corrected chi connectivity index (χ3v) is 5.14. The second-order valence-corrected chi connectivity index (χ2v) is 7.72. The van der Waals surface area contributed by atoms with Crippen LogP contribution in [0.15, 0.2) is 36.4 Å². The third kappa shape index (κ3) is 5.46. The van der Waals surface area contributed by atoms with Crippen molar-refractivity contribution in [3.8, 4) is 5.75 Å². The number of amides is 2. The van der Waals surface area contributed by atoms with Gasteiger partial charge in [-0.3, -0.25) is 5.32 Å². The van der Waals surface area contributed by atoms with E-state index in [1.54, 1.807) is 30.3 Å². The van der Waals surface area contributed by atoms with E-state index < -0.39 is 6.03 Å². The molecular formula is C17H13Cl3N4O2S. The Labute approximate surface area is 174 Å². The summed E-state index contributed by atoms with van der Waals surface area (Å²) >= 11 is 18.9. The van der Waals surface area contributed by atoms with Gasteiger partial charge >= 0.3 is 6.03 Å². The number of aryl methyl sites for hydroxylation is 1. The van der Waals surface area contributed by atoms with Gasteiger partial charge in [0.15, 0.2) is 5.01 Å². The molecule has 0 aliphatic heterocycles. The number of halogens is 3. The van der Waals surface area contributed by atoms with Crippen molar-refractivity contribution >= 4 is 63.0 Å². The summed E-state index contributed by atoms with van der Waals surface area (Å²) in [6.45, 7) is 2.14. The van der Waals surface area contributed by atoms with Crippen LogP contribution < -0.4 is 15.4 Å². The van der Waals surface area contributed by atoms with Gasteiger partial charge in [-0.25, -0.2) is 4.79 Å². The van der Waals surface area contributed by atoms with Gasteiger partial charge in [-0.15, -0.1) is 10.2 Å². The Morgan fingerprint density at radius 1 is 1.07 bits per heavy atom. The Bertz CT molecular complexity index is 981. The van der Waals surface area contributed by atoms with Crippen molar-refractivity contribution in [1.82, 2.24) is 10.2 Å². The molecule has 0 aliphatic rings. The van der Waals surface area contributed by atoms with E-state index in [9.17, 15) is 4.79 Å². The number of nitrogens with zero attached hydrogens (tertiary/aromatic N) is 2. The van der Waals surface area contributed by atoms with E-state index >= 15 is 0 Å². The number of nitrogens with one attached hydrogen (secondary N) is 2. The highest BCUT2D eigenvalue weighted by atomic mass is 35.5. The first-order valence-corrected chi connectivity index (χ1v) is 9.60. The Morgan fingerprint density at radius 3 is 2.63 bits per heavy atom. The van der Waals surface area contributed by atoms with E-state index in [0.717, 1.165) is 5.56 Å². The zero-order valence-electron chi connectivity index (χ0n) is 13.9. The van der Waals surface area contributed by atoms with Crippen LogP contribution in [0, 0.1) is 6.92 Å². The standard InChI is InChI=1S/C17H13Cl3N4O2S/c1-9-6-10(18)2-5-14(9)26-8-15-23-24-17(27-15)22-16(25)21-11-3-4-12(19)13(20)7-11/h2-7H,8H2,1H3,(H2,21,22,24,25). The number of carbonyl (C=O) groups is 1. The molecule has 0 spiro atoms. The molecule has 0 saturated heterocycles. The zero-order chi connectivity index (χ0) is 19.4. The van der Waals surface area contributed by atoms with Gasteiger partial charge in [0, 0.05) is 10.7 Å². The Kier molecular flexibility index (Phi) is 6.38. The van der Waals surface area contributed by atoms with Crippen LogP contribution in [0.1, 0.15) is 10.6 Å². The SMILES string of the molecule is Cc1cc(Cl)ccc1OCc1nnc(NC(=O)Nc2ccc(Cl)c(Cl)c2)s1. The molecule has 2 N–H and O–H groups in total. The fourth-order valence-corrected chi connectivity index (χ4v) is 3.28. The van der Waals surface area contributed by atoms with Crippen molar-refractivity contribution in [2.45, 2.75) is 13.5 Å². The highest BCUT2D eigenvalue weighted by Crippen LogP contribution is 2.26. The summed E-state index contributed by atoms with van der Waals surface area (Å²) in [5.74, 6) is 0.710. The van der Waals surface area contributed by atoms with E-state index in [1.807, 2.05) is 13.0 Å². The minimum atomic E-state index is -0.467. The number of benzene rings is 2. The first-order valence-electron chi connectivity index (χ1n) is 7.65. The Morgan fingerprint density at radius 2 is 1.89 bits per heavy atom. The van der Waals surface area contributed by atoms with E-state index in [4.69, 9.17) is 39.5 Å². The van der Waals surface area contributed by atoms with Crippen LogP contribution in [0.5, 0.6) is 5.75 Å². The number of carbonyl (C=O) groups excluding carboxylic acids is 1. The molecule has 2 aromatic carbocycles. The summed E-state index contributed by atoms with van der Waals surface area (Å²) in [6, 6.07) is 9.69. The molecule has 1 aromatic heterocycles. The van der Waals surface area contributed by atoms with Crippen molar-refractivity contribution in [3.05, 3.63) is 62.0 Å². The number of ether oxygens (including phenoxy) is 1. The second kappa shape index (κ2) is 8.75. The topological polar surface area (TPSA) is 76.1 Å². The molecule has 1 heterocycles. The maximum atomic E-state index is 12.0. The number of rotatable bonds is 5. The molecule has 0 radical (unpaired) electrons. The average Bonchev–Trinajstić information content (AvgIpc) is 3.04. The van der Waals surface area contributed by atoms with Gasteiger partial charge in [0.25, 0.3) is 0 Å². The minimum Gasteiger partial charge on any atom is -0.486 e. The predicted octanol–water partition coefficient (Wildman–Crippen LogP) is 6.03. The normalized spacial score (nSPS) is 10.5. The monoisotopic (exact) mass is 442 g/mol. The van der Waals surface area contributed by atoms with Crippen LogP contribution in [0.4, 0.5) is 15.6 Å². The highest BCUT2D eigenvalue weighted by molar-refractivity contribution is 7.15. The van der Waals surface area contributed by atoms with Crippen molar-refractivity contribution in [2.24, 2.45) is 0 Å². The quantitative estimate of drug-likeness (QED) is 0.505. The number of hydrogen-bond acceptors (Lipinski definition) is 5. The van der Waals surface area contributed by atoms with Gasteiger partial charge in [-0.2, -0.15) is 0 Å². The molecule has 0 aliphatic carbocycles. The zero-order valence-corrected chi connectivity index (χ0v) is 17.0. The largest absolute Gasteiger partial charge is 0.486 e. The maximum Gasteiger partial charge on any atom is 0.325 e. The number of hydrogen-bond donors (Lipinski definition) is 2. The predicted molar refractivity (Wildman–Crippen MR) is 110 cm³/mol. The van der Waals surface area contributed by atoms with Crippen molar-refractivity contribution < 1.29 is 9.53 Å². The molecule has 0 bridgehead atoms. The summed E-state index contributed by atoms with van der Waals surface area (Å²) in [5, 5.41) is 15.5. The van der Waals surface area contributed by atoms with Crippen LogP contribution >= 0.6 is 46.1 Å². The van der Waals surface area contributed by atoms with E-state index in [1.165, 1.54) is 11.3 Å². The fraction of sp³-hybridized carbons (Fsp3) is 0.118. The lowest BCUT2D eigenvalue weighted by Crippen LogP contribution is -2.19. The molecule has 6 nitrogen and oxygen atoms in total. The lowest BCUT2D eigenvalue weighted by molar-refractivity contribution is 0.262. The molecule has 27 heavy (non-hydrogen) atoms. The summed E-state index contributed by atoms with van der Waals surface area (Å²) in [5.41, 5.74) is 1.43. The summed E-state index contributed by atoms with van der Waals surface area (Å²) < 4.78 is 5.71. The van der Waals surface area contributed by atoms with Gasteiger partial charge in [0.2, 0.25) is 5.13 Å². The van der Waals surface area contributed by atoms with Gasteiger partial charge < -0.3 is 10.1 Å². The molecule has 3 aromatic rings. The van der Waals surface area contributed by atoms with E-state index in [2.05, 4.69) is 20.8 Å². The highest BCUT2D eigenvalue weighted by Gasteiger charge is 2.10. The molecular weight excluding hydrogens is 431 g/mol.